The van der Waals surface area contributed by atoms with E-state index in [0.29, 0.717) is 41.7 Å². The van der Waals surface area contributed by atoms with E-state index in [1.54, 1.807) is 14.2 Å². The van der Waals surface area contributed by atoms with Crippen molar-refractivity contribution in [2.24, 2.45) is 39.9 Å². The number of hydrogen-bond donors (Lipinski definition) is 0. The molecule has 0 saturated heterocycles. The van der Waals surface area contributed by atoms with Crippen molar-refractivity contribution in [1.82, 2.24) is 0 Å². The molecule has 0 aromatic heterocycles. The topological polar surface area (TPSA) is 36.9 Å². The molecule has 0 heterocycles. The number of rotatable bonds is 7. The van der Waals surface area contributed by atoms with Crippen LogP contribution in [0.4, 0.5) is 0 Å². The second-order valence-electron chi connectivity index (χ2n) is 11.2. The monoisotopic (exact) mass is 394 g/mol. The fourth-order valence-electron chi connectivity index (χ4n) is 8.69. The summed E-state index contributed by atoms with van der Waals surface area (Å²) in [6.45, 7) is 9.26. The molecule has 5 fully saturated rings. The van der Waals surface area contributed by atoms with Crippen molar-refractivity contribution < 1.29 is 18.9 Å². The van der Waals surface area contributed by atoms with Crippen molar-refractivity contribution in [3.8, 4) is 0 Å². The molecule has 0 N–H and O–H groups in total. The van der Waals surface area contributed by atoms with Crippen LogP contribution in [-0.4, -0.2) is 40.5 Å². The third kappa shape index (κ3) is 3.18. The fraction of sp³-hybridized carbons (Fsp3) is 1.00. The third-order valence-corrected chi connectivity index (χ3v) is 9.62. The maximum atomic E-state index is 6.50. The fourth-order valence-corrected chi connectivity index (χ4v) is 8.69. The molecule has 4 nitrogen and oxygen atoms in total. The summed E-state index contributed by atoms with van der Waals surface area (Å²) in [6, 6.07) is 0. The smallest absolute Gasteiger partial charge is 0.146 e. The Kier molecular flexibility index (Phi) is 5.90. The van der Waals surface area contributed by atoms with Crippen LogP contribution in [0.1, 0.15) is 72.1 Å². The van der Waals surface area contributed by atoms with Crippen molar-refractivity contribution in [3.63, 3.8) is 0 Å². The van der Waals surface area contributed by atoms with Crippen LogP contribution >= 0.6 is 0 Å². The van der Waals surface area contributed by atoms with Gasteiger partial charge in [-0.3, -0.25) is 0 Å². The van der Waals surface area contributed by atoms with Crippen LogP contribution in [0.3, 0.4) is 0 Å². The van der Waals surface area contributed by atoms with E-state index < -0.39 is 0 Å². The standard InChI is InChI=1S/C24H42O4/c1-22(2)9-6-10-23(3)19(22)8-12-24-11-7-17(13-20(23)24)18(14-27-15-25-4)21(24)28-16-26-5/h17-21H,6-16H2,1-5H3/t17-,18-,19+,20-,21+,23+,24-/m0/s1. The molecular formula is C24H42O4. The molecule has 0 aromatic rings. The van der Waals surface area contributed by atoms with Gasteiger partial charge >= 0.3 is 0 Å². The van der Waals surface area contributed by atoms with Gasteiger partial charge in [0.1, 0.15) is 13.6 Å². The van der Waals surface area contributed by atoms with E-state index >= 15 is 0 Å². The Morgan fingerprint density at radius 2 is 1.61 bits per heavy atom. The normalized spacial score (nSPS) is 46.8. The summed E-state index contributed by atoms with van der Waals surface area (Å²) in [5.41, 5.74) is 1.26. The molecule has 0 radical (unpaired) electrons. The Morgan fingerprint density at radius 3 is 2.36 bits per heavy atom. The summed E-state index contributed by atoms with van der Waals surface area (Å²) < 4.78 is 22.9. The first-order chi connectivity index (χ1) is 13.4. The first kappa shape index (κ1) is 21.1. The van der Waals surface area contributed by atoms with Crippen LogP contribution in [0.25, 0.3) is 0 Å². The summed E-state index contributed by atoms with van der Waals surface area (Å²) in [7, 11) is 3.45. The van der Waals surface area contributed by atoms with Gasteiger partial charge in [-0.15, -0.1) is 0 Å². The lowest BCUT2D eigenvalue weighted by Crippen LogP contribution is -2.67. The minimum absolute atomic E-state index is 0.268. The molecule has 0 aromatic carbocycles. The van der Waals surface area contributed by atoms with Gasteiger partial charge in [-0.25, -0.2) is 0 Å². The Morgan fingerprint density at radius 1 is 0.857 bits per heavy atom. The Hall–Kier alpha value is -0.160. The molecule has 28 heavy (non-hydrogen) atoms. The quantitative estimate of drug-likeness (QED) is 0.436. The molecule has 0 unspecified atom stereocenters. The highest BCUT2D eigenvalue weighted by Crippen LogP contribution is 2.72. The maximum Gasteiger partial charge on any atom is 0.146 e. The number of methoxy groups -OCH3 is 2. The molecule has 5 rings (SSSR count). The van der Waals surface area contributed by atoms with Gasteiger partial charge in [0.25, 0.3) is 0 Å². The minimum Gasteiger partial charge on any atom is -0.359 e. The second-order valence-corrected chi connectivity index (χ2v) is 11.2. The molecule has 5 saturated carbocycles. The van der Waals surface area contributed by atoms with Crippen molar-refractivity contribution in [3.05, 3.63) is 0 Å². The lowest BCUT2D eigenvalue weighted by atomic mass is 9.35. The number of fused-ring (bicyclic) bond motifs is 3. The lowest BCUT2D eigenvalue weighted by Gasteiger charge is -2.70. The van der Waals surface area contributed by atoms with Gasteiger partial charge in [0, 0.05) is 25.6 Å². The Bertz CT molecular complexity index is 549. The zero-order chi connectivity index (χ0) is 20.0. The predicted molar refractivity (Wildman–Crippen MR) is 110 cm³/mol. The molecule has 0 aliphatic heterocycles. The lowest BCUT2D eigenvalue weighted by molar-refractivity contribution is -0.275. The highest BCUT2D eigenvalue weighted by molar-refractivity contribution is 5.16. The first-order valence-corrected chi connectivity index (χ1v) is 11.6. The van der Waals surface area contributed by atoms with Gasteiger partial charge in [0.2, 0.25) is 0 Å². The van der Waals surface area contributed by atoms with Crippen molar-refractivity contribution >= 4 is 0 Å². The summed E-state index contributed by atoms with van der Waals surface area (Å²) in [6.07, 6.45) is 11.2. The van der Waals surface area contributed by atoms with Crippen LogP contribution in [0.5, 0.6) is 0 Å². The van der Waals surface area contributed by atoms with Gasteiger partial charge in [0.15, 0.2) is 0 Å². The van der Waals surface area contributed by atoms with Crippen molar-refractivity contribution in [2.75, 3.05) is 34.4 Å². The molecule has 7 atom stereocenters. The molecular weight excluding hydrogens is 352 g/mol. The molecule has 2 bridgehead atoms. The minimum atomic E-state index is 0.268. The van der Waals surface area contributed by atoms with E-state index in [9.17, 15) is 0 Å². The Labute approximate surface area is 172 Å². The molecule has 0 amide bonds. The second kappa shape index (κ2) is 7.83. The van der Waals surface area contributed by atoms with E-state index in [2.05, 4.69) is 20.8 Å². The number of hydrogen-bond acceptors (Lipinski definition) is 4. The highest BCUT2D eigenvalue weighted by Gasteiger charge is 2.67. The molecule has 5 aliphatic rings. The largest absolute Gasteiger partial charge is 0.359 e. The van der Waals surface area contributed by atoms with Crippen LogP contribution in [-0.2, 0) is 18.9 Å². The molecule has 4 heteroatoms. The number of ether oxygens (including phenoxy) is 4. The van der Waals surface area contributed by atoms with E-state index in [1.165, 1.54) is 51.4 Å². The van der Waals surface area contributed by atoms with E-state index in [4.69, 9.17) is 18.9 Å². The van der Waals surface area contributed by atoms with Crippen LogP contribution in [0.15, 0.2) is 0 Å². The molecule has 162 valence electrons. The SMILES string of the molecule is COCOC[C@H]1[C@H]2CC[C@@]3(CC[C@@H]4C(C)(C)CCC[C@@]4(C)[C@@H]3C2)[C@@H]1OCOC. The third-order valence-electron chi connectivity index (χ3n) is 9.62. The Balaban J connectivity index is 1.65. The average Bonchev–Trinajstić information content (AvgIpc) is 2.66. The van der Waals surface area contributed by atoms with E-state index in [0.717, 1.165) is 18.4 Å². The highest BCUT2D eigenvalue weighted by atomic mass is 16.7. The zero-order valence-corrected chi connectivity index (χ0v) is 18.8. The summed E-state index contributed by atoms with van der Waals surface area (Å²) >= 11 is 0. The summed E-state index contributed by atoms with van der Waals surface area (Å²) in [4.78, 5) is 0. The molecule has 5 aliphatic carbocycles. The zero-order valence-electron chi connectivity index (χ0n) is 18.8. The van der Waals surface area contributed by atoms with E-state index in [1.807, 2.05) is 0 Å². The van der Waals surface area contributed by atoms with Crippen molar-refractivity contribution in [2.45, 2.75) is 78.2 Å². The average molecular weight is 395 g/mol. The van der Waals surface area contributed by atoms with Gasteiger partial charge in [0.05, 0.1) is 12.7 Å². The first-order valence-electron chi connectivity index (χ1n) is 11.6. The van der Waals surface area contributed by atoms with Crippen LogP contribution < -0.4 is 0 Å². The van der Waals surface area contributed by atoms with Crippen molar-refractivity contribution in [1.29, 1.82) is 0 Å². The van der Waals surface area contributed by atoms with Crippen LogP contribution in [0.2, 0.25) is 0 Å². The summed E-state index contributed by atoms with van der Waals surface area (Å²) in [5, 5.41) is 0. The molecule has 1 spiro atoms. The van der Waals surface area contributed by atoms with Gasteiger partial charge in [-0.05, 0) is 73.5 Å². The summed E-state index contributed by atoms with van der Waals surface area (Å²) in [5.74, 6) is 2.84. The van der Waals surface area contributed by atoms with Gasteiger partial charge < -0.3 is 18.9 Å². The van der Waals surface area contributed by atoms with Gasteiger partial charge in [-0.1, -0.05) is 27.2 Å². The predicted octanol–water partition coefficient (Wildman–Crippen LogP) is 5.25. The van der Waals surface area contributed by atoms with E-state index in [-0.39, 0.29) is 6.10 Å². The van der Waals surface area contributed by atoms with Crippen LogP contribution in [0, 0.1) is 39.9 Å². The van der Waals surface area contributed by atoms with Gasteiger partial charge in [-0.2, -0.15) is 0 Å². The maximum absolute atomic E-state index is 6.50.